The van der Waals surface area contributed by atoms with Gasteiger partial charge in [-0.05, 0) is 23.8 Å². The first-order chi connectivity index (χ1) is 16.5. The Kier molecular flexibility index (Phi) is 5.97. The number of nitrogens with one attached hydrogen (secondary N) is 1. The molecule has 1 aliphatic heterocycles. The number of rotatable bonds is 6. The van der Waals surface area contributed by atoms with Crippen LogP contribution in [0.2, 0.25) is 0 Å². The van der Waals surface area contributed by atoms with E-state index >= 15 is 0 Å². The summed E-state index contributed by atoms with van der Waals surface area (Å²) in [7, 11) is 1.66. The molecule has 176 valence electrons. The molecule has 0 unspecified atom stereocenters. The van der Waals surface area contributed by atoms with Gasteiger partial charge in [-0.15, -0.1) is 0 Å². The molecule has 5 rings (SSSR count). The van der Waals surface area contributed by atoms with Crippen LogP contribution in [0.15, 0.2) is 59.7 Å². The van der Waals surface area contributed by atoms with E-state index in [-0.39, 0.29) is 17.9 Å². The Balaban J connectivity index is 1.50. The third kappa shape index (κ3) is 4.24. The summed E-state index contributed by atoms with van der Waals surface area (Å²) in [6, 6.07) is 12.1. The summed E-state index contributed by atoms with van der Waals surface area (Å²) in [6.45, 7) is 0.788. The number of anilines is 1. The Bertz CT molecular complexity index is 1360. The van der Waals surface area contributed by atoms with E-state index in [0.717, 1.165) is 37.3 Å². The Morgan fingerprint density at radius 2 is 1.79 bits per heavy atom. The molecule has 34 heavy (non-hydrogen) atoms. The van der Waals surface area contributed by atoms with E-state index in [1.807, 2.05) is 12.1 Å². The molecule has 8 nitrogen and oxygen atoms in total. The van der Waals surface area contributed by atoms with E-state index in [9.17, 15) is 13.6 Å². The topological polar surface area (TPSA) is 77.2 Å². The fourth-order valence-electron chi connectivity index (χ4n) is 4.25. The Labute approximate surface area is 194 Å². The lowest BCUT2D eigenvalue weighted by Crippen LogP contribution is -2.44. The quantitative estimate of drug-likeness (QED) is 0.471. The van der Waals surface area contributed by atoms with Gasteiger partial charge in [0.15, 0.2) is 0 Å². The van der Waals surface area contributed by atoms with Crippen LogP contribution in [0.3, 0.4) is 0 Å². The van der Waals surface area contributed by atoms with Gasteiger partial charge in [-0.1, -0.05) is 24.3 Å². The second-order valence-electron chi connectivity index (χ2n) is 8.11. The monoisotopic (exact) mass is 466 g/mol. The van der Waals surface area contributed by atoms with E-state index in [0.29, 0.717) is 22.4 Å². The van der Waals surface area contributed by atoms with Crippen LogP contribution in [0.4, 0.5) is 14.7 Å². The van der Waals surface area contributed by atoms with E-state index < -0.39 is 6.61 Å². The molecule has 0 aliphatic carbocycles. The summed E-state index contributed by atoms with van der Waals surface area (Å²) in [5.74, 6) is 0.776. The Morgan fingerprint density at radius 3 is 2.53 bits per heavy atom. The highest BCUT2D eigenvalue weighted by atomic mass is 19.3. The molecule has 3 heterocycles. The molecule has 0 radical (unpaired) electrons. The predicted molar refractivity (Wildman–Crippen MR) is 125 cm³/mol. The average molecular weight is 466 g/mol. The number of para-hydroxylation sites is 1. The molecule has 0 atom stereocenters. The first kappa shape index (κ1) is 22.0. The minimum atomic E-state index is -2.93. The summed E-state index contributed by atoms with van der Waals surface area (Å²) in [6.07, 6.45) is 3.56. The smallest absolute Gasteiger partial charge is 0.387 e. The zero-order chi connectivity index (χ0) is 23.7. The van der Waals surface area contributed by atoms with Gasteiger partial charge in [0.2, 0.25) is 5.95 Å². The third-order valence-electron chi connectivity index (χ3n) is 6.04. The molecule has 0 amide bonds. The molecular formula is C24H24F2N6O2. The maximum atomic E-state index is 12.9. The summed E-state index contributed by atoms with van der Waals surface area (Å²) in [5.41, 5.74) is 2.74. The molecule has 1 N–H and O–H groups in total. The van der Waals surface area contributed by atoms with Crippen LogP contribution >= 0.6 is 0 Å². The highest BCUT2D eigenvalue weighted by Gasteiger charge is 2.17. The van der Waals surface area contributed by atoms with E-state index in [4.69, 9.17) is 0 Å². The van der Waals surface area contributed by atoms with Gasteiger partial charge >= 0.3 is 6.61 Å². The van der Waals surface area contributed by atoms with Crippen molar-refractivity contribution in [1.29, 1.82) is 0 Å². The van der Waals surface area contributed by atoms with Gasteiger partial charge in [-0.3, -0.25) is 14.2 Å². The molecule has 0 bridgehead atoms. The number of benzene rings is 2. The van der Waals surface area contributed by atoms with E-state index in [2.05, 4.69) is 24.9 Å². The molecule has 1 fully saturated rings. The minimum absolute atomic E-state index is 0.0832. The largest absolute Gasteiger partial charge is 0.434 e. The van der Waals surface area contributed by atoms with Crippen LogP contribution in [0.25, 0.3) is 22.0 Å². The first-order valence-electron chi connectivity index (χ1n) is 11.0. The number of alkyl halides is 2. The number of nitrogens with zero attached hydrogens (tertiary/aromatic N) is 5. The average Bonchev–Trinajstić information content (AvgIpc) is 3.10. The second kappa shape index (κ2) is 9.22. The van der Waals surface area contributed by atoms with Crippen molar-refractivity contribution in [2.45, 2.75) is 13.2 Å². The van der Waals surface area contributed by atoms with Crippen molar-refractivity contribution in [2.75, 3.05) is 31.1 Å². The first-order valence-corrected chi connectivity index (χ1v) is 11.0. The van der Waals surface area contributed by atoms with Crippen LogP contribution in [-0.2, 0) is 13.6 Å². The molecule has 2 aromatic heterocycles. The van der Waals surface area contributed by atoms with Gasteiger partial charge in [-0.25, -0.2) is 9.97 Å². The third-order valence-corrected chi connectivity index (χ3v) is 6.04. The van der Waals surface area contributed by atoms with Gasteiger partial charge in [0.05, 0.1) is 17.4 Å². The van der Waals surface area contributed by atoms with Gasteiger partial charge in [-0.2, -0.15) is 8.78 Å². The number of halogens is 2. The molecule has 0 spiro atoms. The maximum absolute atomic E-state index is 12.9. The van der Waals surface area contributed by atoms with Gasteiger partial charge in [0.1, 0.15) is 5.75 Å². The highest BCUT2D eigenvalue weighted by molar-refractivity contribution is 5.84. The van der Waals surface area contributed by atoms with Gasteiger partial charge in [0, 0.05) is 56.7 Å². The van der Waals surface area contributed by atoms with Crippen LogP contribution < -0.4 is 20.5 Å². The fraction of sp³-hybridized carbons (Fsp3) is 0.292. The minimum Gasteiger partial charge on any atom is -0.434 e. The Morgan fingerprint density at radius 1 is 1.06 bits per heavy atom. The molecule has 2 aromatic carbocycles. The lowest BCUT2D eigenvalue weighted by atomic mass is 10.1. The molecular weight excluding hydrogens is 442 g/mol. The van der Waals surface area contributed by atoms with Crippen LogP contribution in [0.1, 0.15) is 5.56 Å². The highest BCUT2D eigenvalue weighted by Crippen LogP contribution is 2.26. The van der Waals surface area contributed by atoms with Crippen molar-refractivity contribution < 1.29 is 13.5 Å². The number of hydrogen-bond acceptors (Lipinski definition) is 6. The van der Waals surface area contributed by atoms with Crippen molar-refractivity contribution >= 4 is 16.9 Å². The second-order valence-corrected chi connectivity index (χ2v) is 8.11. The molecule has 1 aliphatic rings. The number of ether oxygens (including phenoxy) is 1. The van der Waals surface area contributed by atoms with Crippen molar-refractivity contribution in [2.24, 2.45) is 7.05 Å². The molecule has 0 saturated carbocycles. The predicted octanol–water partition coefficient (Wildman–Crippen LogP) is 2.86. The molecule has 1 saturated heterocycles. The van der Waals surface area contributed by atoms with Gasteiger partial charge in [0.25, 0.3) is 5.56 Å². The number of aromatic nitrogens is 4. The lowest BCUT2D eigenvalue weighted by Gasteiger charge is -2.27. The van der Waals surface area contributed by atoms with E-state index in [1.54, 1.807) is 48.4 Å². The number of fused-ring (bicyclic) bond motifs is 1. The number of piperazine rings is 1. The van der Waals surface area contributed by atoms with Crippen molar-refractivity contribution in [3.8, 4) is 16.9 Å². The van der Waals surface area contributed by atoms with Crippen LogP contribution in [0, 0.1) is 0 Å². The van der Waals surface area contributed by atoms with Gasteiger partial charge < -0.3 is 15.0 Å². The lowest BCUT2D eigenvalue weighted by molar-refractivity contribution is -0.0505. The van der Waals surface area contributed by atoms with Crippen molar-refractivity contribution in [3.05, 3.63) is 70.8 Å². The summed E-state index contributed by atoms with van der Waals surface area (Å²) >= 11 is 0. The van der Waals surface area contributed by atoms with E-state index in [1.165, 1.54) is 10.7 Å². The summed E-state index contributed by atoms with van der Waals surface area (Å²) < 4.78 is 33.6. The normalized spacial score (nSPS) is 14.2. The SMILES string of the molecule is Cn1c(=O)c2ccc(-c3cnc(N4CCNCC4)nc3)cc2n1Cc1ccccc1OC(F)F. The maximum Gasteiger partial charge on any atom is 0.387 e. The standard InChI is InChI=1S/C24H24F2N6O2/c1-30-22(33)19-7-6-16(18-13-28-24(29-14-18)31-10-8-27-9-11-31)12-20(19)32(30)15-17-4-2-3-5-21(17)34-23(25)26/h2-7,12-14,23,27H,8-11,15H2,1H3. The van der Waals surface area contributed by atoms with Crippen LogP contribution in [0.5, 0.6) is 5.75 Å². The zero-order valence-corrected chi connectivity index (χ0v) is 18.6. The molecule has 4 aromatic rings. The number of hydrogen-bond donors (Lipinski definition) is 1. The zero-order valence-electron chi connectivity index (χ0n) is 18.6. The summed E-state index contributed by atoms with van der Waals surface area (Å²) in [4.78, 5) is 24.0. The van der Waals surface area contributed by atoms with Crippen molar-refractivity contribution in [1.82, 2.24) is 24.6 Å². The fourth-order valence-corrected chi connectivity index (χ4v) is 4.25. The van der Waals surface area contributed by atoms with Crippen LogP contribution in [-0.4, -0.2) is 52.1 Å². The van der Waals surface area contributed by atoms with Crippen molar-refractivity contribution in [3.63, 3.8) is 0 Å². The molecule has 10 heteroatoms. The Hall–Kier alpha value is -3.79. The summed E-state index contributed by atoms with van der Waals surface area (Å²) in [5, 5.41) is 3.85.